The number of carbonyl (C=O) groups excluding carboxylic acids is 2. The SMILES string of the molecule is C[C@H]1CN([C@@H](C)CO)C(=O)c2cc(NC(=O)CCN3CCOCC3)ccc2O[C@@H]1CN(C)Cc1ccncc1. The van der Waals surface area contributed by atoms with Gasteiger partial charge < -0.3 is 24.8 Å². The molecule has 10 nitrogen and oxygen atoms in total. The number of nitrogens with zero attached hydrogens (tertiary/aromatic N) is 4. The number of fused-ring (bicyclic) bond motifs is 1. The summed E-state index contributed by atoms with van der Waals surface area (Å²) in [5, 5.41) is 12.8. The van der Waals surface area contributed by atoms with Crippen LogP contribution in [0.5, 0.6) is 5.75 Å². The van der Waals surface area contributed by atoms with Gasteiger partial charge in [0.2, 0.25) is 5.91 Å². The molecule has 1 fully saturated rings. The average Bonchev–Trinajstić information content (AvgIpc) is 2.94. The lowest BCUT2D eigenvalue weighted by Crippen LogP contribution is -2.49. The minimum absolute atomic E-state index is 0.0237. The van der Waals surface area contributed by atoms with E-state index in [0.717, 1.165) is 25.2 Å². The highest BCUT2D eigenvalue weighted by molar-refractivity contribution is 5.99. The van der Waals surface area contributed by atoms with Crippen LogP contribution in [-0.2, 0) is 16.1 Å². The fraction of sp³-hybridized carbons (Fsp3) is 0.552. The number of hydrogen-bond acceptors (Lipinski definition) is 8. The van der Waals surface area contributed by atoms with Crippen LogP contribution in [0.4, 0.5) is 5.69 Å². The van der Waals surface area contributed by atoms with Crippen LogP contribution in [-0.4, -0.2) is 108 Å². The van der Waals surface area contributed by atoms with Crippen LogP contribution in [0.2, 0.25) is 0 Å². The van der Waals surface area contributed by atoms with Gasteiger partial charge in [-0.15, -0.1) is 0 Å². The molecule has 3 atom stereocenters. The normalized spacial score (nSPS) is 21.1. The van der Waals surface area contributed by atoms with E-state index in [0.29, 0.717) is 56.3 Å². The second kappa shape index (κ2) is 13.8. The molecule has 2 amide bonds. The fourth-order valence-electron chi connectivity index (χ4n) is 5.00. The number of likely N-dealkylation sites (N-methyl/N-ethyl adjacent to an activating group) is 1. The molecule has 39 heavy (non-hydrogen) atoms. The number of carbonyl (C=O) groups is 2. The summed E-state index contributed by atoms with van der Waals surface area (Å²) in [5.74, 6) is 0.183. The standard InChI is InChI=1S/C29H41N5O5/c1-21-17-34(22(2)20-35)29(37)25-16-24(31-28(36)8-11-33-12-14-38-15-13-33)4-5-26(25)39-27(21)19-32(3)18-23-6-9-30-10-7-23/h4-7,9-10,16,21-22,27,35H,8,11-15,17-20H2,1-3H3,(H,31,36)/t21-,22-,27+/m0/s1. The van der Waals surface area contributed by atoms with Gasteiger partial charge in [-0.2, -0.15) is 0 Å². The number of hydrogen-bond donors (Lipinski definition) is 2. The molecule has 212 valence electrons. The van der Waals surface area contributed by atoms with Crippen molar-refractivity contribution in [3.63, 3.8) is 0 Å². The highest BCUT2D eigenvalue weighted by Crippen LogP contribution is 2.31. The van der Waals surface area contributed by atoms with E-state index in [-0.39, 0.29) is 36.5 Å². The number of aromatic nitrogens is 1. The number of pyridine rings is 1. The Morgan fingerprint density at radius 2 is 1.97 bits per heavy atom. The van der Waals surface area contributed by atoms with E-state index >= 15 is 0 Å². The molecule has 2 aliphatic heterocycles. The molecular formula is C29H41N5O5. The van der Waals surface area contributed by atoms with Gasteiger partial charge in [-0.3, -0.25) is 24.4 Å². The fourth-order valence-corrected chi connectivity index (χ4v) is 5.00. The maximum absolute atomic E-state index is 13.7. The van der Waals surface area contributed by atoms with Gasteiger partial charge in [-0.05, 0) is 49.9 Å². The average molecular weight is 540 g/mol. The molecule has 0 spiro atoms. The summed E-state index contributed by atoms with van der Waals surface area (Å²) in [4.78, 5) is 36.6. The first-order valence-electron chi connectivity index (χ1n) is 13.7. The molecule has 1 aromatic carbocycles. The quantitative estimate of drug-likeness (QED) is 0.473. The Labute approximate surface area is 230 Å². The summed E-state index contributed by atoms with van der Waals surface area (Å²) in [6, 6.07) is 8.87. The molecule has 1 saturated heterocycles. The second-order valence-electron chi connectivity index (χ2n) is 10.6. The molecule has 0 radical (unpaired) electrons. The Bertz CT molecular complexity index is 1090. The maximum Gasteiger partial charge on any atom is 0.258 e. The zero-order valence-corrected chi connectivity index (χ0v) is 23.2. The Morgan fingerprint density at radius 3 is 2.69 bits per heavy atom. The highest BCUT2D eigenvalue weighted by Gasteiger charge is 2.33. The van der Waals surface area contributed by atoms with Crippen molar-refractivity contribution < 1.29 is 24.2 Å². The van der Waals surface area contributed by atoms with Crippen LogP contribution in [0.25, 0.3) is 0 Å². The number of anilines is 1. The van der Waals surface area contributed by atoms with Crippen LogP contribution in [0.1, 0.15) is 36.2 Å². The number of nitrogens with one attached hydrogen (secondary N) is 1. The molecular weight excluding hydrogens is 498 g/mol. The first-order chi connectivity index (χ1) is 18.8. The number of aliphatic hydroxyl groups excluding tert-OH is 1. The summed E-state index contributed by atoms with van der Waals surface area (Å²) in [7, 11) is 2.05. The van der Waals surface area contributed by atoms with Crippen LogP contribution < -0.4 is 10.1 Å². The maximum atomic E-state index is 13.7. The number of benzene rings is 1. The Hall–Kier alpha value is -3.05. The Balaban J connectivity index is 1.50. The topological polar surface area (TPSA) is 107 Å². The lowest BCUT2D eigenvalue weighted by molar-refractivity contribution is -0.116. The molecule has 2 aromatic rings. The van der Waals surface area contributed by atoms with E-state index in [1.165, 1.54) is 0 Å². The molecule has 1 aromatic heterocycles. The van der Waals surface area contributed by atoms with Crippen LogP contribution in [0.3, 0.4) is 0 Å². The van der Waals surface area contributed by atoms with Gasteiger partial charge in [0.25, 0.3) is 5.91 Å². The van der Waals surface area contributed by atoms with Gasteiger partial charge in [0.1, 0.15) is 11.9 Å². The molecule has 3 heterocycles. The number of rotatable bonds is 10. The van der Waals surface area contributed by atoms with Gasteiger partial charge in [0.15, 0.2) is 0 Å². The third kappa shape index (κ3) is 7.98. The van der Waals surface area contributed by atoms with E-state index < -0.39 is 0 Å². The summed E-state index contributed by atoms with van der Waals surface area (Å²) >= 11 is 0. The van der Waals surface area contributed by atoms with E-state index in [2.05, 4.69) is 27.0 Å². The predicted molar refractivity (Wildman–Crippen MR) is 149 cm³/mol. The van der Waals surface area contributed by atoms with E-state index in [1.54, 1.807) is 35.5 Å². The summed E-state index contributed by atoms with van der Waals surface area (Å²) in [5.41, 5.74) is 2.09. The highest BCUT2D eigenvalue weighted by atomic mass is 16.5. The number of amides is 2. The minimum atomic E-state index is -0.354. The summed E-state index contributed by atoms with van der Waals surface area (Å²) < 4.78 is 11.9. The van der Waals surface area contributed by atoms with E-state index in [9.17, 15) is 14.7 Å². The molecule has 0 bridgehead atoms. The number of aliphatic hydroxyl groups is 1. The van der Waals surface area contributed by atoms with Crippen molar-refractivity contribution >= 4 is 17.5 Å². The van der Waals surface area contributed by atoms with Crippen LogP contribution >= 0.6 is 0 Å². The van der Waals surface area contributed by atoms with Crippen LogP contribution in [0.15, 0.2) is 42.7 Å². The summed E-state index contributed by atoms with van der Waals surface area (Å²) in [6.45, 7) is 9.32. The van der Waals surface area contributed by atoms with Crippen molar-refractivity contribution in [3.8, 4) is 5.75 Å². The molecule has 0 unspecified atom stereocenters. The zero-order valence-electron chi connectivity index (χ0n) is 23.2. The Kier molecular flexibility index (Phi) is 10.3. The monoisotopic (exact) mass is 539 g/mol. The van der Waals surface area contributed by atoms with Crippen molar-refractivity contribution in [1.29, 1.82) is 0 Å². The van der Waals surface area contributed by atoms with Crippen LogP contribution in [0, 0.1) is 5.92 Å². The number of ether oxygens (including phenoxy) is 2. The van der Waals surface area contributed by atoms with E-state index in [4.69, 9.17) is 9.47 Å². The van der Waals surface area contributed by atoms with Gasteiger partial charge in [0, 0.05) is 69.7 Å². The molecule has 4 rings (SSSR count). The summed E-state index contributed by atoms with van der Waals surface area (Å²) in [6.07, 6.45) is 3.74. The molecule has 10 heteroatoms. The second-order valence-corrected chi connectivity index (χ2v) is 10.6. The van der Waals surface area contributed by atoms with Gasteiger partial charge >= 0.3 is 0 Å². The smallest absolute Gasteiger partial charge is 0.258 e. The number of morpholine rings is 1. The first-order valence-corrected chi connectivity index (χ1v) is 13.7. The third-order valence-corrected chi connectivity index (χ3v) is 7.40. The molecule has 2 N–H and O–H groups in total. The van der Waals surface area contributed by atoms with Gasteiger partial charge in [-0.25, -0.2) is 0 Å². The Morgan fingerprint density at radius 1 is 1.23 bits per heavy atom. The van der Waals surface area contributed by atoms with Crippen molar-refractivity contribution in [2.45, 2.75) is 39.0 Å². The molecule has 2 aliphatic rings. The van der Waals surface area contributed by atoms with Gasteiger partial charge in [0.05, 0.1) is 31.4 Å². The lowest BCUT2D eigenvalue weighted by atomic mass is 9.99. The van der Waals surface area contributed by atoms with E-state index in [1.807, 2.05) is 26.1 Å². The van der Waals surface area contributed by atoms with Gasteiger partial charge in [-0.1, -0.05) is 6.92 Å². The lowest BCUT2D eigenvalue weighted by Gasteiger charge is -2.38. The third-order valence-electron chi connectivity index (χ3n) is 7.40. The largest absolute Gasteiger partial charge is 0.488 e. The predicted octanol–water partition coefficient (Wildman–Crippen LogP) is 2.09. The molecule has 0 aliphatic carbocycles. The molecule has 0 saturated carbocycles. The van der Waals surface area contributed by atoms with Crippen molar-refractivity contribution in [3.05, 3.63) is 53.9 Å². The van der Waals surface area contributed by atoms with Crippen molar-refractivity contribution in [2.24, 2.45) is 5.92 Å². The first kappa shape index (κ1) is 28.9. The van der Waals surface area contributed by atoms with Crippen molar-refractivity contribution in [1.82, 2.24) is 19.7 Å². The minimum Gasteiger partial charge on any atom is -0.488 e. The zero-order chi connectivity index (χ0) is 27.8. The van der Waals surface area contributed by atoms with Crippen molar-refractivity contribution in [2.75, 3.05) is 64.9 Å².